The number of benzene rings is 2. The molecule has 27 heavy (non-hydrogen) atoms. The van der Waals surface area contributed by atoms with Gasteiger partial charge in [-0.05, 0) is 34.8 Å². The van der Waals surface area contributed by atoms with Gasteiger partial charge in [-0.3, -0.25) is 0 Å². The summed E-state index contributed by atoms with van der Waals surface area (Å²) < 4.78 is 5.60. The number of rotatable bonds is 5. The molecule has 154 valence electrons. The summed E-state index contributed by atoms with van der Waals surface area (Å²) in [6.07, 6.45) is 2.27. The van der Waals surface area contributed by atoms with Crippen molar-refractivity contribution < 1.29 is 4.74 Å². The van der Waals surface area contributed by atoms with Crippen molar-refractivity contribution in [2.45, 2.75) is 75.8 Å². The first kappa shape index (κ1) is 27.6. The van der Waals surface area contributed by atoms with E-state index >= 15 is 0 Å². The average Bonchev–Trinajstić information content (AvgIpc) is 2.52. The Morgan fingerprint density at radius 1 is 0.630 bits per heavy atom. The Kier molecular flexibility index (Phi) is 13.9. The first-order valence-electron chi connectivity index (χ1n) is 9.31. The van der Waals surface area contributed by atoms with Crippen molar-refractivity contribution >= 4 is 0 Å². The number of hydrogen-bond donors (Lipinski definition) is 0. The molecule has 2 rings (SSSR count). The van der Waals surface area contributed by atoms with Crippen LogP contribution in [0.15, 0.2) is 60.7 Å². The van der Waals surface area contributed by atoms with E-state index in [1.807, 2.05) is 18.2 Å². The Bertz CT molecular complexity index is 559. The summed E-state index contributed by atoms with van der Waals surface area (Å²) in [4.78, 5) is 0. The minimum absolute atomic E-state index is 0. The van der Waals surface area contributed by atoms with Gasteiger partial charge in [0.05, 0.1) is 6.61 Å². The van der Waals surface area contributed by atoms with Gasteiger partial charge in [0.15, 0.2) is 0 Å². The third-order valence-corrected chi connectivity index (χ3v) is 3.69. The molecule has 0 N–H and O–H groups in total. The third kappa shape index (κ3) is 16.3. The van der Waals surface area contributed by atoms with E-state index in [0.717, 1.165) is 26.1 Å². The minimum atomic E-state index is 0. The van der Waals surface area contributed by atoms with Crippen LogP contribution in [0.2, 0.25) is 0 Å². The van der Waals surface area contributed by atoms with Crippen LogP contribution in [0.3, 0.4) is 0 Å². The highest BCUT2D eigenvalue weighted by molar-refractivity contribution is 5.15. The second-order valence-electron chi connectivity index (χ2n) is 9.07. The lowest BCUT2D eigenvalue weighted by molar-refractivity contribution is 0.0962. The smallest absolute Gasteiger partial charge is 0.0716 e. The molecule has 0 aliphatic rings. The molecule has 0 aromatic heterocycles. The van der Waals surface area contributed by atoms with Crippen molar-refractivity contribution in [1.29, 1.82) is 0 Å². The fraction of sp³-hybridized carbons (Fsp3) is 0.538. The van der Waals surface area contributed by atoms with Gasteiger partial charge in [-0.15, -0.1) is 0 Å². The summed E-state index contributed by atoms with van der Waals surface area (Å²) in [6.45, 7) is 15.1. The summed E-state index contributed by atoms with van der Waals surface area (Å²) in [5, 5.41) is 0. The fourth-order valence-corrected chi connectivity index (χ4v) is 2.35. The van der Waals surface area contributed by atoms with Crippen molar-refractivity contribution in [2.75, 3.05) is 6.61 Å². The van der Waals surface area contributed by atoms with E-state index < -0.39 is 0 Å². The van der Waals surface area contributed by atoms with Crippen LogP contribution in [0, 0.1) is 10.8 Å². The average molecular weight is 373 g/mol. The molecule has 0 aliphatic heterocycles. The molecular weight excluding hydrogens is 328 g/mol. The lowest BCUT2D eigenvalue weighted by Gasteiger charge is -2.17. The molecule has 2 aromatic rings. The normalized spacial score (nSPS) is 10.7. The van der Waals surface area contributed by atoms with Gasteiger partial charge in [0.25, 0.3) is 0 Å². The summed E-state index contributed by atoms with van der Waals surface area (Å²) in [5.74, 6) is 0. The van der Waals surface area contributed by atoms with Crippen molar-refractivity contribution in [3.8, 4) is 0 Å². The van der Waals surface area contributed by atoms with Gasteiger partial charge in [-0.1, -0.05) is 117 Å². The molecule has 2 aromatic carbocycles. The standard InChI is InChI=1S/C13H20O.C11H16.2CH4/c1-13(2,3)9-10-14-11-12-7-5-4-6-8-12;1-11(2,3)9-10-7-5-4-6-8-10;;/h4-8H,9-11H2,1-3H3;4-8H,9H2,1-3H3;2*1H4. The molecule has 0 spiro atoms. The van der Waals surface area contributed by atoms with Gasteiger partial charge in [-0.2, -0.15) is 0 Å². The van der Waals surface area contributed by atoms with E-state index in [4.69, 9.17) is 4.74 Å². The van der Waals surface area contributed by atoms with Gasteiger partial charge in [-0.25, -0.2) is 0 Å². The SMILES string of the molecule is C.C.CC(C)(C)CCOCc1ccccc1.CC(C)(C)Cc1ccccc1. The Labute approximate surface area is 170 Å². The number of hydrogen-bond acceptors (Lipinski definition) is 1. The molecule has 0 fully saturated rings. The van der Waals surface area contributed by atoms with Crippen LogP contribution in [0.25, 0.3) is 0 Å². The predicted molar refractivity (Wildman–Crippen MR) is 123 cm³/mol. The van der Waals surface area contributed by atoms with Gasteiger partial charge in [0, 0.05) is 6.61 Å². The highest BCUT2D eigenvalue weighted by Crippen LogP contribution is 2.20. The zero-order valence-electron chi connectivity index (χ0n) is 17.0. The summed E-state index contributed by atoms with van der Waals surface area (Å²) in [6, 6.07) is 20.9. The topological polar surface area (TPSA) is 9.23 Å². The number of ether oxygens (including phenoxy) is 1. The van der Waals surface area contributed by atoms with E-state index in [1.54, 1.807) is 0 Å². The Morgan fingerprint density at radius 3 is 1.48 bits per heavy atom. The second kappa shape index (κ2) is 13.6. The van der Waals surface area contributed by atoms with Gasteiger partial charge in [0.2, 0.25) is 0 Å². The van der Waals surface area contributed by atoms with E-state index in [2.05, 4.69) is 84.0 Å². The van der Waals surface area contributed by atoms with Crippen LogP contribution in [0.4, 0.5) is 0 Å². The zero-order chi connectivity index (χ0) is 18.8. The van der Waals surface area contributed by atoms with Crippen molar-refractivity contribution in [1.82, 2.24) is 0 Å². The molecule has 0 saturated heterocycles. The highest BCUT2D eigenvalue weighted by Gasteiger charge is 2.10. The molecule has 1 heteroatoms. The van der Waals surface area contributed by atoms with Gasteiger partial charge in [0.1, 0.15) is 0 Å². The summed E-state index contributed by atoms with van der Waals surface area (Å²) in [5.41, 5.74) is 3.46. The van der Waals surface area contributed by atoms with E-state index in [1.165, 1.54) is 11.1 Å². The second-order valence-corrected chi connectivity index (χ2v) is 9.07. The Balaban J connectivity index is 0. The summed E-state index contributed by atoms with van der Waals surface area (Å²) >= 11 is 0. The zero-order valence-corrected chi connectivity index (χ0v) is 17.0. The van der Waals surface area contributed by atoms with Crippen LogP contribution in [-0.2, 0) is 17.8 Å². The molecule has 0 unspecified atom stereocenters. The van der Waals surface area contributed by atoms with Gasteiger partial charge >= 0.3 is 0 Å². The highest BCUT2D eigenvalue weighted by atomic mass is 16.5. The van der Waals surface area contributed by atoms with E-state index in [9.17, 15) is 0 Å². The quantitative estimate of drug-likeness (QED) is 0.481. The Hall–Kier alpha value is -1.60. The minimum Gasteiger partial charge on any atom is -0.377 e. The largest absolute Gasteiger partial charge is 0.377 e. The maximum atomic E-state index is 5.60. The van der Waals surface area contributed by atoms with E-state index in [0.29, 0.717) is 10.8 Å². The monoisotopic (exact) mass is 372 g/mol. The van der Waals surface area contributed by atoms with Crippen LogP contribution in [-0.4, -0.2) is 6.61 Å². The maximum absolute atomic E-state index is 5.60. The van der Waals surface area contributed by atoms with E-state index in [-0.39, 0.29) is 14.9 Å². The molecule has 0 heterocycles. The van der Waals surface area contributed by atoms with Crippen molar-refractivity contribution in [2.24, 2.45) is 10.8 Å². The molecule has 0 bridgehead atoms. The molecule has 1 nitrogen and oxygen atoms in total. The van der Waals surface area contributed by atoms with Crippen molar-refractivity contribution in [3.05, 3.63) is 71.8 Å². The van der Waals surface area contributed by atoms with Crippen LogP contribution < -0.4 is 0 Å². The first-order chi connectivity index (χ1) is 11.7. The first-order valence-corrected chi connectivity index (χ1v) is 9.31. The predicted octanol–water partition coefficient (Wildman–Crippen LogP) is 8.19. The summed E-state index contributed by atoms with van der Waals surface area (Å²) in [7, 11) is 0. The third-order valence-electron chi connectivity index (χ3n) is 3.69. The van der Waals surface area contributed by atoms with Crippen LogP contribution in [0.1, 0.15) is 73.9 Å². The van der Waals surface area contributed by atoms with Crippen LogP contribution >= 0.6 is 0 Å². The lowest BCUT2D eigenvalue weighted by Crippen LogP contribution is -2.09. The van der Waals surface area contributed by atoms with Gasteiger partial charge < -0.3 is 4.74 Å². The molecule has 0 atom stereocenters. The fourth-order valence-electron chi connectivity index (χ4n) is 2.35. The van der Waals surface area contributed by atoms with Crippen LogP contribution in [0.5, 0.6) is 0 Å². The maximum Gasteiger partial charge on any atom is 0.0716 e. The molecule has 0 saturated carbocycles. The molecule has 0 radical (unpaired) electrons. The molecular formula is C26H44O. The van der Waals surface area contributed by atoms with Crippen molar-refractivity contribution in [3.63, 3.8) is 0 Å². The lowest BCUT2D eigenvalue weighted by atomic mass is 9.88. The molecule has 0 aliphatic carbocycles. The Morgan fingerprint density at radius 2 is 1.07 bits per heavy atom. The molecule has 0 amide bonds.